The van der Waals surface area contributed by atoms with Crippen molar-refractivity contribution < 1.29 is 9.32 Å². The van der Waals surface area contributed by atoms with Gasteiger partial charge in [-0.25, -0.2) is 0 Å². The molecule has 0 spiro atoms. The largest absolute Gasteiger partial charge is 0.412 e. The van der Waals surface area contributed by atoms with Gasteiger partial charge in [0.25, 0.3) is 0 Å². The molecular weight excluding hydrogens is 143 g/mol. The molecule has 2 radical (unpaired) electrons. The molecule has 0 amide bonds. The van der Waals surface area contributed by atoms with Crippen molar-refractivity contribution in [3.8, 4) is 0 Å². The number of hydrogen-bond donors (Lipinski definition) is 0. The molecule has 0 aliphatic carbocycles. The summed E-state index contributed by atoms with van der Waals surface area (Å²) in [6.45, 7) is 0. The number of hydrogen-bond acceptors (Lipinski definition) is 1. The Morgan fingerprint density at radius 2 is 1.20 bits per heavy atom. The van der Waals surface area contributed by atoms with Gasteiger partial charge in [0.15, 0.2) is 0 Å². The van der Waals surface area contributed by atoms with Crippen LogP contribution in [-0.2, 0) is 3.84 Å². The molecule has 30 valence electrons. The van der Waals surface area contributed by atoms with E-state index in [0.717, 1.165) is 0 Å². The summed E-state index contributed by atoms with van der Waals surface area (Å²) in [5.41, 5.74) is 0. The van der Waals surface area contributed by atoms with Crippen molar-refractivity contribution in [2.24, 2.45) is 0 Å². The SMILES string of the molecule is ClOCl.O.[Ca]. The average molecular weight is 145 g/mol. The second-order valence-electron chi connectivity index (χ2n) is 0.0583. The van der Waals surface area contributed by atoms with Gasteiger partial charge in [0.1, 0.15) is 0 Å². The fourth-order valence-corrected chi connectivity index (χ4v) is 0. The summed E-state index contributed by atoms with van der Waals surface area (Å²) >= 11 is 8.53. The van der Waals surface area contributed by atoms with Crippen LogP contribution in [0.3, 0.4) is 0 Å². The van der Waals surface area contributed by atoms with Crippen LogP contribution in [0, 0.1) is 0 Å². The van der Waals surface area contributed by atoms with Gasteiger partial charge in [0.2, 0.25) is 0 Å². The fraction of sp³-hybridized carbons (Fsp3) is 0. The van der Waals surface area contributed by atoms with Gasteiger partial charge in [-0.1, -0.05) is 0 Å². The van der Waals surface area contributed by atoms with Gasteiger partial charge in [-0.15, -0.1) is 0 Å². The van der Waals surface area contributed by atoms with Crippen molar-refractivity contribution in [1.29, 1.82) is 0 Å². The van der Waals surface area contributed by atoms with Gasteiger partial charge in [-0.3, -0.25) is 0 Å². The van der Waals surface area contributed by atoms with Crippen LogP contribution in [0.5, 0.6) is 0 Å². The molecule has 5 heteroatoms. The molecule has 5 heavy (non-hydrogen) atoms. The Balaban J connectivity index is -0.0000000200. The molecule has 2 nitrogen and oxygen atoms in total. The van der Waals surface area contributed by atoms with Crippen molar-refractivity contribution in [3.63, 3.8) is 0 Å². The zero-order valence-corrected chi connectivity index (χ0v) is 6.09. The molecule has 0 fully saturated rings. The van der Waals surface area contributed by atoms with Gasteiger partial charge < -0.3 is 5.48 Å². The summed E-state index contributed by atoms with van der Waals surface area (Å²) in [5, 5.41) is 0. The molecule has 2 N–H and O–H groups in total. The molecule has 0 aliphatic heterocycles. The standard InChI is InChI=1S/Ca.Cl2O.H2O/c;1-3-2;/h;;1H2. The number of halogens is 2. The molecule has 0 aromatic rings. The first-order valence-corrected chi connectivity index (χ1v) is 0.926. The Bertz CT molecular complexity index is 7.61. The molecule has 0 saturated heterocycles. The van der Waals surface area contributed by atoms with Crippen LogP contribution >= 0.6 is 23.7 Å². The Hall–Kier alpha value is 1.76. The molecule has 0 rings (SSSR count). The van der Waals surface area contributed by atoms with Crippen LogP contribution in [0.2, 0.25) is 0 Å². The van der Waals surface area contributed by atoms with Gasteiger partial charge in [0, 0.05) is 37.7 Å². The van der Waals surface area contributed by atoms with Crippen LogP contribution in [0.1, 0.15) is 0 Å². The third kappa shape index (κ3) is 26.3. The predicted octanol–water partition coefficient (Wildman–Crippen LogP) is 0.105. The average Bonchev–Trinajstić information content (AvgIpc) is 0.918. The van der Waals surface area contributed by atoms with E-state index in [9.17, 15) is 0 Å². The molecule has 0 unspecified atom stereocenters. The van der Waals surface area contributed by atoms with Crippen LogP contribution in [0.15, 0.2) is 0 Å². The van der Waals surface area contributed by atoms with Gasteiger partial charge in [-0.2, -0.15) is 3.84 Å². The molecule has 0 aromatic carbocycles. The summed E-state index contributed by atoms with van der Waals surface area (Å²) < 4.78 is 3.19. The van der Waals surface area contributed by atoms with Crippen molar-refractivity contribution in [3.05, 3.63) is 0 Å². The van der Waals surface area contributed by atoms with E-state index in [4.69, 9.17) is 0 Å². The van der Waals surface area contributed by atoms with Crippen molar-refractivity contribution in [1.82, 2.24) is 0 Å². The van der Waals surface area contributed by atoms with Gasteiger partial charge in [-0.05, 0) is 0 Å². The Morgan fingerprint density at radius 1 is 1.20 bits per heavy atom. The predicted molar refractivity (Wildman–Crippen MR) is 22.2 cm³/mol. The van der Waals surface area contributed by atoms with E-state index in [1.165, 1.54) is 0 Å². The van der Waals surface area contributed by atoms with Crippen LogP contribution < -0.4 is 0 Å². The molecule has 0 saturated carbocycles. The van der Waals surface area contributed by atoms with E-state index < -0.39 is 0 Å². The summed E-state index contributed by atoms with van der Waals surface area (Å²) in [4.78, 5) is 0. The minimum atomic E-state index is 0. The van der Waals surface area contributed by atoms with E-state index in [1.807, 2.05) is 0 Å². The molecular formula is H2CaCl2O2. The van der Waals surface area contributed by atoms with Crippen molar-refractivity contribution in [2.45, 2.75) is 0 Å². The van der Waals surface area contributed by atoms with E-state index >= 15 is 0 Å². The summed E-state index contributed by atoms with van der Waals surface area (Å²) in [6, 6.07) is 0. The van der Waals surface area contributed by atoms with Crippen LogP contribution in [0.4, 0.5) is 0 Å². The topological polar surface area (TPSA) is 40.7 Å². The maximum Gasteiger partial charge on any atom is 0.0832 e. The molecule has 0 aliphatic rings. The maximum absolute atomic E-state index is 4.26. The van der Waals surface area contributed by atoms with Crippen LogP contribution in [0.25, 0.3) is 0 Å². The Labute approximate surface area is 70.0 Å². The van der Waals surface area contributed by atoms with Gasteiger partial charge in [0.05, 0.1) is 23.7 Å². The maximum atomic E-state index is 4.26. The molecule has 0 heterocycles. The van der Waals surface area contributed by atoms with E-state index in [-0.39, 0.29) is 43.2 Å². The zero-order valence-electron chi connectivity index (χ0n) is 2.37. The quantitative estimate of drug-likeness (QED) is 0.446. The van der Waals surface area contributed by atoms with Crippen molar-refractivity contribution in [2.75, 3.05) is 0 Å². The first kappa shape index (κ1) is 15.9. The minimum Gasteiger partial charge on any atom is -0.412 e. The minimum absolute atomic E-state index is 0. The zero-order chi connectivity index (χ0) is 2.71. The van der Waals surface area contributed by atoms with Gasteiger partial charge >= 0.3 is 0 Å². The molecule has 0 bridgehead atoms. The third-order valence-corrected chi connectivity index (χ3v) is 0. The first-order chi connectivity index (χ1) is 1.41. The fourth-order valence-electron chi connectivity index (χ4n) is 0. The summed E-state index contributed by atoms with van der Waals surface area (Å²) in [7, 11) is 0. The molecule has 0 atom stereocenters. The van der Waals surface area contributed by atoms with Crippen LogP contribution in [-0.4, -0.2) is 43.2 Å². The first-order valence-electron chi connectivity index (χ1n) is 0.309. The number of rotatable bonds is 0. The summed E-state index contributed by atoms with van der Waals surface area (Å²) in [5.74, 6) is 0. The van der Waals surface area contributed by atoms with E-state index in [0.29, 0.717) is 0 Å². The second-order valence-corrected chi connectivity index (χ2v) is 0.525. The van der Waals surface area contributed by atoms with E-state index in [1.54, 1.807) is 0 Å². The third-order valence-electron chi connectivity index (χ3n) is 0. The Morgan fingerprint density at radius 3 is 1.20 bits per heavy atom. The Kier molecular flexibility index (Phi) is 54.4. The molecule has 0 aromatic heterocycles. The van der Waals surface area contributed by atoms with E-state index in [2.05, 4.69) is 27.6 Å². The smallest absolute Gasteiger partial charge is 0.0832 e. The second kappa shape index (κ2) is 17.1. The summed E-state index contributed by atoms with van der Waals surface area (Å²) in [6.07, 6.45) is 0. The monoisotopic (exact) mass is 144 g/mol. The van der Waals surface area contributed by atoms with Crippen molar-refractivity contribution >= 4 is 61.5 Å². The normalized spacial score (nSPS) is 3.60.